The van der Waals surface area contributed by atoms with Crippen molar-refractivity contribution < 1.29 is 23.1 Å². The van der Waals surface area contributed by atoms with Gasteiger partial charge >= 0.3 is 0 Å². The Hall–Kier alpha value is -2.87. The number of carbonyl (C=O) groups is 2. The van der Waals surface area contributed by atoms with Crippen molar-refractivity contribution >= 4 is 23.4 Å². The van der Waals surface area contributed by atoms with E-state index in [0.717, 1.165) is 12.5 Å². The molecule has 0 saturated heterocycles. The number of ether oxygens (including phenoxy) is 1. The van der Waals surface area contributed by atoms with E-state index in [2.05, 4.69) is 22.2 Å². The lowest BCUT2D eigenvalue weighted by Gasteiger charge is -2.09. The highest BCUT2D eigenvalue weighted by atomic mass is 35.5. The Morgan fingerprint density at radius 3 is 2.88 bits per heavy atom. The second-order valence-electron chi connectivity index (χ2n) is 4.89. The second-order valence-corrected chi connectivity index (χ2v) is 5.30. The molecule has 0 aliphatic carbocycles. The van der Waals surface area contributed by atoms with E-state index in [0.29, 0.717) is 12.1 Å². The molecule has 2 rings (SSSR count). The average Bonchev–Trinajstić information content (AvgIpc) is 3.10. The summed E-state index contributed by atoms with van der Waals surface area (Å²) < 4.78 is 23.2. The fraction of sp³-hybridized carbons (Fsp3) is 0.188. The van der Waals surface area contributed by atoms with E-state index in [9.17, 15) is 14.0 Å². The molecule has 2 amide bonds. The van der Waals surface area contributed by atoms with Crippen LogP contribution in [0.1, 0.15) is 17.0 Å². The molecule has 0 aliphatic heterocycles. The molecule has 1 aromatic heterocycles. The van der Waals surface area contributed by atoms with Gasteiger partial charge in [0.1, 0.15) is 11.6 Å². The number of nitrogens with one attached hydrogen (secondary N) is 2. The number of rotatable bonds is 8. The van der Waals surface area contributed by atoms with E-state index in [1.165, 1.54) is 18.3 Å². The van der Waals surface area contributed by atoms with Gasteiger partial charge in [0.2, 0.25) is 5.76 Å². The van der Waals surface area contributed by atoms with E-state index >= 15 is 0 Å². The molecule has 2 aromatic rings. The second kappa shape index (κ2) is 8.84. The SMILES string of the molecule is C=C(CCNC(=O)COc1ccc(Cl)c(F)c1)NC(=O)c1cnco1. The summed E-state index contributed by atoms with van der Waals surface area (Å²) in [5.41, 5.74) is 0.405. The van der Waals surface area contributed by atoms with Crippen LogP contribution in [0.15, 0.2) is 47.5 Å². The van der Waals surface area contributed by atoms with E-state index in [1.54, 1.807) is 0 Å². The van der Waals surface area contributed by atoms with Crippen LogP contribution in [0.2, 0.25) is 5.02 Å². The highest BCUT2D eigenvalue weighted by Gasteiger charge is 2.10. The van der Waals surface area contributed by atoms with Crippen molar-refractivity contribution in [1.29, 1.82) is 0 Å². The van der Waals surface area contributed by atoms with Crippen molar-refractivity contribution in [1.82, 2.24) is 15.6 Å². The zero-order valence-corrected chi connectivity index (χ0v) is 13.8. The molecular weight excluding hydrogens is 353 g/mol. The highest BCUT2D eigenvalue weighted by molar-refractivity contribution is 6.30. The Labute approximate surface area is 147 Å². The van der Waals surface area contributed by atoms with Gasteiger partial charge in [0.15, 0.2) is 13.0 Å². The number of amides is 2. The third-order valence-electron chi connectivity index (χ3n) is 2.96. The van der Waals surface area contributed by atoms with Crippen LogP contribution in [-0.4, -0.2) is 29.9 Å². The molecule has 0 bridgehead atoms. The largest absolute Gasteiger partial charge is 0.484 e. The van der Waals surface area contributed by atoms with Gasteiger partial charge in [-0.2, -0.15) is 0 Å². The topological polar surface area (TPSA) is 93.5 Å². The van der Waals surface area contributed by atoms with Crippen LogP contribution in [0.25, 0.3) is 0 Å². The molecule has 25 heavy (non-hydrogen) atoms. The number of aromatic nitrogens is 1. The van der Waals surface area contributed by atoms with Gasteiger partial charge in [0.25, 0.3) is 11.8 Å². The molecule has 0 aliphatic rings. The minimum Gasteiger partial charge on any atom is -0.484 e. The third kappa shape index (κ3) is 5.92. The maximum absolute atomic E-state index is 13.2. The molecule has 0 fully saturated rings. The molecule has 0 saturated carbocycles. The van der Waals surface area contributed by atoms with E-state index in [-0.39, 0.29) is 29.7 Å². The monoisotopic (exact) mass is 367 g/mol. The summed E-state index contributed by atoms with van der Waals surface area (Å²) in [6, 6.07) is 3.89. The Kier molecular flexibility index (Phi) is 6.53. The van der Waals surface area contributed by atoms with Crippen LogP contribution in [0.3, 0.4) is 0 Å². The van der Waals surface area contributed by atoms with E-state index in [4.69, 9.17) is 20.8 Å². The maximum Gasteiger partial charge on any atom is 0.292 e. The average molecular weight is 368 g/mol. The first-order chi connectivity index (χ1) is 12.0. The quantitative estimate of drug-likeness (QED) is 0.746. The summed E-state index contributed by atoms with van der Waals surface area (Å²) in [6.07, 6.45) is 2.74. The number of benzene rings is 1. The number of hydrogen-bond acceptors (Lipinski definition) is 5. The molecule has 132 valence electrons. The van der Waals surface area contributed by atoms with Crippen molar-refractivity contribution in [2.75, 3.05) is 13.2 Å². The van der Waals surface area contributed by atoms with Crippen LogP contribution in [-0.2, 0) is 4.79 Å². The van der Waals surface area contributed by atoms with Gasteiger partial charge in [0.05, 0.1) is 11.2 Å². The molecule has 0 radical (unpaired) electrons. The highest BCUT2D eigenvalue weighted by Crippen LogP contribution is 2.20. The summed E-state index contributed by atoms with van der Waals surface area (Å²) in [6.45, 7) is 3.65. The molecule has 2 N–H and O–H groups in total. The molecule has 0 spiro atoms. The summed E-state index contributed by atoms with van der Waals surface area (Å²) in [7, 11) is 0. The van der Waals surface area contributed by atoms with Crippen molar-refractivity contribution in [3.63, 3.8) is 0 Å². The van der Waals surface area contributed by atoms with Gasteiger partial charge in [-0.15, -0.1) is 0 Å². The molecule has 1 aromatic carbocycles. The lowest BCUT2D eigenvalue weighted by atomic mass is 10.3. The van der Waals surface area contributed by atoms with Crippen molar-refractivity contribution in [2.24, 2.45) is 0 Å². The summed E-state index contributed by atoms with van der Waals surface area (Å²) in [5, 5.41) is 5.08. The number of nitrogens with zero attached hydrogens (tertiary/aromatic N) is 1. The van der Waals surface area contributed by atoms with Crippen molar-refractivity contribution in [3.8, 4) is 5.75 Å². The first kappa shape index (κ1) is 18.5. The first-order valence-electron chi connectivity index (χ1n) is 7.18. The molecule has 7 nitrogen and oxygen atoms in total. The van der Waals surface area contributed by atoms with E-state index < -0.39 is 17.6 Å². The van der Waals surface area contributed by atoms with Crippen LogP contribution < -0.4 is 15.4 Å². The molecule has 1 heterocycles. The predicted molar refractivity (Wildman–Crippen MR) is 87.6 cm³/mol. The standard InChI is InChI=1S/C16H15ClFN3O4/c1-10(21-16(23)14-7-19-9-25-14)4-5-20-15(22)8-24-11-2-3-12(17)13(18)6-11/h2-3,6-7,9H,1,4-5,8H2,(H,20,22)(H,21,23). The van der Waals surface area contributed by atoms with E-state index in [1.807, 2.05) is 0 Å². The normalized spacial score (nSPS) is 10.2. The smallest absolute Gasteiger partial charge is 0.292 e. The minimum atomic E-state index is -0.627. The fourth-order valence-electron chi connectivity index (χ4n) is 1.73. The van der Waals surface area contributed by atoms with Crippen LogP contribution >= 0.6 is 11.6 Å². The lowest BCUT2D eigenvalue weighted by molar-refractivity contribution is -0.123. The van der Waals surface area contributed by atoms with Crippen LogP contribution in [0, 0.1) is 5.82 Å². The number of carbonyl (C=O) groups excluding carboxylic acids is 2. The van der Waals surface area contributed by atoms with Crippen LogP contribution in [0.5, 0.6) is 5.75 Å². The Morgan fingerprint density at radius 1 is 1.40 bits per heavy atom. The molecular formula is C16H15ClFN3O4. The zero-order valence-electron chi connectivity index (χ0n) is 13.1. The Balaban J connectivity index is 1.65. The van der Waals surface area contributed by atoms with Gasteiger partial charge in [0, 0.05) is 24.7 Å². The van der Waals surface area contributed by atoms with Gasteiger partial charge < -0.3 is 19.8 Å². The molecule has 0 unspecified atom stereocenters. The first-order valence-corrected chi connectivity index (χ1v) is 7.55. The molecule has 9 heteroatoms. The summed E-state index contributed by atoms with van der Waals surface area (Å²) in [4.78, 5) is 27.0. The lowest BCUT2D eigenvalue weighted by Crippen LogP contribution is -2.31. The Morgan fingerprint density at radius 2 is 2.20 bits per heavy atom. The van der Waals surface area contributed by atoms with Gasteiger partial charge in [-0.05, 0) is 12.1 Å². The summed E-state index contributed by atoms with van der Waals surface area (Å²) >= 11 is 5.55. The van der Waals surface area contributed by atoms with Crippen molar-refractivity contribution in [3.05, 3.63) is 59.7 Å². The minimum absolute atomic E-state index is 0.0253. The number of hydrogen-bond donors (Lipinski definition) is 2. The number of oxazole rings is 1. The van der Waals surface area contributed by atoms with Gasteiger partial charge in [-0.25, -0.2) is 9.37 Å². The summed E-state index contributed by atoms with van der Waals surface area (Å²) in [5.74, 6) is -1.24. The predicted octanol–water partition coefficient (Wildman–Crippen LogP) is 2.30. The maximum atomic E-state index is 13.2. The van der Waals surface area contributed by atoms with Gasteiger partial charge in [-0.3, -0.25) is 9.59 Å². The van der Waals surface area contributed by atoms with Crippen molar-refractivity contribution in [2.45, 2.75) is 6.42 Å². The van der Waals surface area contributed by atoms with Crippen LogP contribution in [0.4, 0.5) is 4.39 Å². The molecule has 0 atom stereocenters. The Bertz CT molecular complexity index is 765. The fourth-order valence-corrected chi connectivity index (χ4v) is 1.85. The number of halogens is 2. The third-order valence-corrected chi connectivity index (χ3v) is 3.26. The van der Waals surface area contributed by atoms with Gasteiger partial charge in [-0.1, -0.05) is 18.2 Å². The zero-order chi connectivity index (χ0) is 18.2.